The van der Waals surface area contributed by atoms with Crippen LogP contribution in [0.1, 0.15) is 13.8 Å². The van der Waals surface area contributed by atoms with Crippen LogP contribution in [0, 0.1) is 5.92 Å². The van der Waals surface area contributed by atoms with Crippen LogP contribution in [-0.2, 0) is 9.59 Å². The van der Waals surface area contributed by atoms with E-state index in [2.05, 4.69) is 29.4 Å². The third-order valence-electron chi connectivity index (χ3n) is 3.32. The molecule has 0 aliphatic carbocycles. The summed E-state index contributed by atoms with van der Waals surface area (Å²) in [4.78, 5) is 25.9. The van der Waals surface area contributed by atoms with Crippen LogP contribution in [0.25, 0.3) is 0 Å². The second-order valence-corrected chi connectivity index (χ2v) is 9.34. The molecule has 2 amide bonds. The van der Waals surface area contributed by atoms with Crippen LogP contribution < -0.4 is 10.2 Å². The number of para-hydroxylation sites is 2. The summed E-state index contributed by atoms with van der Waals surface area (Å²) in [6.45, 7) is 4.37. The van der Waals surface area contributed by atoms with Gasteiger partial charge in [0.25, 0.3) is 0 Å². The fraction of sp³-hybridized carbons (Fsp3) is 0.375. The summed E-state index contributed by atoms with van der Waals surface area (Å²) in [5.41, 5.74) is 1.40. The van der Waals surface area contributed by atoms with Gasteiger partial charge in [-0.05, 0) is 18.1 Å². The van der Waals surface area contributed by atoms with E-state index in [9.17, 15) is 9.59 Å². The first-order valence-corrected chi connectivity index (χ1v) is 10.6. The van der Waals surface area contributed by atoms with Crippen molar-refractivity contribution in [3.05, 3.63) is 24.3 Å². The molecule has 0 saturated carbocycles. The number of nitrogens with zero attached hydrogens (tertiary/aromatic N) is 3. The molecule has 6 nitrogen and oxygen atoms in total. The van der Waals surface area contributed by atoms with Crippen LogP contribution in [0.5, 0.6) is 0 Å². The lowest BCUT2D eigenvalue weighted by atomic mass is 10.2. The number of amides is 2. The molecule has 2 heterocycles. The normalized spacial score (nSPS) is 13.7. The minimum atomic E-state index is -0.180. The first-order valence-electron chi connectivity index (χ1n) is 7.81. The van der Waals surface area contributed by atoms with E-state index in [-0.39, 0.29) is 24.1 Å². The van der Waals surface area contributed by atoms with Crippen molar-refractivity contribution in [1.29, 1.82) is 0 Å². The monoisotopic (exact) mass is 394 g/mol. The highest BCUT2D eigenvalue weighted by atomic mass is 32.2. The topological polar surface area (TPSA) is 75.2 Å². The summed E-state index contributed by atoms with van der Waals surface area (Å²) >= 11 is 4.55. The number of fused-ring (bicyclic) bond motifs is 1. The first kappa shape index (κ1) is 18.2. The molecule has 1 aromatic heterocycles. The molecule has 9 heteroatoms. The lowest BCUT2D eigenvalue weighted by molar-refractivity contribution is -0.120. The Morgan fingerprint density at radius 2 is 2.00 bits per heavy atom. The van der Waals surface area contributed by atoms with Gasteiger partial charge in [0.1, 0.15) is 6.54 Å². The Morgan fingerprint density at radius 1 is 1.28 bits per heavy atom. The zero-order valence-corrected chi connectivity index (χ0v) is 16.3. The maximum absolute atomic E-state index is 12.6. The molecular weight excluding hydrogens is 376 g/mol. The fourth-order valence-corrected chi connectivity index (χ4v) is 5.08. The molecule has 25 heavy (non-hydrogen) atoms. The third-order valence-corrected chi connectivity index (χ3v) is 6.92. The molecule has 2 aromatic rings. The van der Waals surface area contributed by atoms with Crippen molar-refractivity contribution in [2.45, 2.75) is 22.5 Å². The Kier molecular flexibility index (Phi) is 5.98. The minimum absolute atomic E-state index is 0.0437. The summed E-state index contributed by atoms with van der Waals surface area (Å²) in [5, 5.41) is 11.1. The number of carbonyl (C=O) groups is 2. The van der Waals surface area contributed by atoms with Crippen molar-refractivity contribution < 1.29 is 9.59 Å². The molecule has 3 rings (SSSR count). The zero-order valence-electron chi connectivity index (χ0n) is 13.9. The molecule has 1 aliphatic heterocycles. The van der Waals surface area contributed by atoms with E-state index in [1.165, 1.54) is 28.0 Å². The number of thioether (sulfide) groups is 2. The number of aromatic nitrogens is 2. The summed E-state index contributed by atoms with van der Waals surface area (Å²) in [7, 11) is 0. The minimum Gasteiger partial charge on any atom is -0.323 e. The summed E-state index contributed by atoms with van der Waals surface area (Å²) in [6, 6.07) is 7.32. The predicted molar refractivity (Wildman–Crippen MR) is 104 cm³/mol. The van der Waals surface area contributed by atoms with Crippen molar-refractivity contribution in [1.82, 2.24) is 10.2 Å². The van der Waals surface area contributed by atoms with Crippen molar-refractivity contribution >= 4 is 58.0 Å². The average molecular weight is 395 g/mol. The fourth-order valence-electron chi connectivity index (χ4n) is 2.21. The van der Waals surface area contributed by atoms with Gasteiger partial charge >= 0.3 is 0 Å². The molecule has 1 N–H and O–H groups in total. The van der Waals surface area contributed by atoms with Gasteiger partial charge < -0.3 is 10.2 Å². The van der Waals surface area contributed by atoms with E-state index < -0.39 is 0 Å². The Hall–Kier alpha value is -1.58. The first-order chi connectivity index (χ1) is 12.0. The van der Waals surface area contributed by atoms with Crippen LogP contribution in [-0.4, -0.2) is 40.1 Å². The molecule has 0 spiro atoms. The quantitative estimate of drug-likeness (QED) is 0.757. The molecule has 1 aliphatic rings. The molecule has 0 atom stereocenters. The van der Waals surface area contributed by atoms with E-state index in [4.69, 9.17) is 0 Å². The number of benzene rings is 1. The third kappa shape index (κ3) is 4.74. The number of carbonyl (C=O) groups excluding carboxylic acids is 2. The molecule has 1 aromatic carbocycles. The van der Waals surface area contributed by atoms with Gasteiger partial charge in [-0.2, -0.15) is 0 Å². The Bertz CT molecular complexity index is 778. The highest BCUT2D eigenvalue weighted by Crippen LogP contribution is 2.32. The number of nitrogens with one attached hydrogen (secondary N) is 1. The molecule has 132 valence electrons. The summed E-state index contributed by atoms with van der Waals surface area (Å²) in [5.74, 6) is 1.53. The standard InChI is InChI=1S/C16H18N4O2S3/c1-10(2)8-23-15-18-19-16(25-15)24-9-14(22)20-7-13(21)17-11-5-3-4-6-12(11)20/h3-6,10H,7-9H2,1-2H3,(H,17,21). The molecule has 0 saturated heterocycles. The zero-order chi connectivity index (χ0) is 17.8. The highest BCUT2D eigenvalue weighted by Gasteiger charge is 2.26. The van der Waals surface area contributed by atoms with Crippen molar-refractivity contribution in [2.75, 3.05) is 28.3 Å². The molecule has 0 unspecified atom stereocenters. The predicted octanol–water partition coefficient (Wildman–Crippen LogP) is 3.36. The maximum atomic E-state index is 12.6. The van der Waals surface area contributed by atoms with Gasteiger partial charge in [-0.3, -0.25) is 9.59 Å². The SMILES string of the molecule is CC(C)CSc1nnc(SCC(=O)N2CC(=O)Nc3ccccc32)s1. The number of hydrogen-bond donors (Lipinski definition) is 1. The van der Waals surface area contributed by atoms with Gasteiger partial charge in [0.05, 0.1) is 17.1 Å². The van der Waals surface area contributed by atoms with Crippen LogP contribution >= 0.6 is 34.9 Å². The molecule has 0 radical (unpaired) electrons. The average Bonchev–Trinajstić information content (AvgIpc) is 3.05. The van der Waals surface area contributed by atoms with Crippen molar-refractivity contribution in [3.8, 4) is 0 Å². The smallest absolute Gasteiger partial charge is 0.244 e. The second-order valence-electron chi connectivity index (χ2n) is 5.87. The Labute approximate surface area is 158 Å². The molecule has 0 bridgehead atoms. The van der Waals surface area contributed by atoms with Gasteiger partial charge in [0.2, 0.25) is 11.8 Å². The number of hydrogen-bond acceptors (Lipinski definition) is 7. The van der Waals surface area contributed by atoms with E-state index in [1.54, 1.807) is 17.8 Å². The molecular formula is C16H18N4O2S3. The number of anilines is 2. The van der Waals surface area contributed by atoms with E-state index in [1.807, 2.05) is 18.2 Å². The van der Waals surface area contributed by atoms with E-state index >= 15 is 0 Å². The maximum Gasteiger partial charge on any atom is 0.244 e. The Morgan fingerprint density at radius 3 is 2.76 bits per heavy atom. The van der Waals surface area contributed by atoms with Crippen molar-refractivity contribution in [2.24, 2.45) is 5.92 Å². The van der Waals surface area contributed by atoms with Gasteiger partial charge in [0, 0.05) is 5.75 Å². The van der Waals surface area contributed by atoms with Gasteiger partial charge in [-0.25, -0.2) is 0 Å². The van der Waals surface area contributed by atoms with Crippen LogP contribution in [0.15, 0.2) is 32.9 Å². The van der Waals surface area contributed by atoms with Crippen LogP contribution in [0.2, 0.25) is 0 Å². The van der Waals surface area contributed by atoms with Crippen LogP contribution in [0.4, 0.5) is 11.4 Å². The van der Waals surface area contributed by atoms with Gasteiger partial charge in [0.15, 0.2) is 8.68 Å². The lowest BCUT2D eigenvalue weighted by Crippen LogP contribution is -2.43. The highest BCUT2D eigenvalue weighted by molar-refractivity contribution is 8.03. The lowest BCUT2D eigenvalue weighted by Gasteiger charge is -2.28. The van der Waals surface area contributed by atoms with Gasteiger partial charge in [-0.15, -0.1) is 10.2 Å². The number of rotatable bonds is 6. The van der Waals surface area contributed by atoms with Gasteiger partial charge in [-0.1, -0.05) is 60.8 Å². The van der Waals surface area contributed by atoms with E-state index in [0.29, 0.717) is 11.6 Å². The summed E-state index contributed by atoms with van der Waals surface area (Å²) in [6.07, 6.45) is 0. The van der Waals surface area contributed by atoms with E-state index in [0.717, 1.165) is 20.1 Å². The Balaban J connectivity index is 1.61. The molecule has 0 fully saturated rings. The van der Waals surface area contributed by atoms with Crippen molar-refractivity contribution in [3.63, 3.8) is 0 Å². The second kappa shape index (κ2) is 8.20. The largest absolute Gasteiger partial charge is 0.323 e. The van der Waals surface area contributed by atoms with Crippen LogP contribution in [0.3, 0.4) is 0 Å². The summed E-state index contributed by atoms with van der Waals surface area (Å²) < 4.78 is 1.70.